The van der Waals surface area contributed by atoms with Crippen LogP contribution in [0, 0.1) is 0 Å². The summed E-state index contributed by atoms with van der Waals surface area (Å²) in [5.74, 6) is 0.841. The van der Waals surface area contributed by atoms with E-state index >= 15 is 0 Å². The van der Waals surface area contributed by atoms with Crippen molar-refractivity contribution in [2.24, 2.45) is 0 Å². The molecule has 0 bridgehead atoms. The predicted molar refractivity (Wildman–Crippen MR) is 103 cm³/mol. The number of hydrogen-bond acceptors (Lipinski definition) is 3. The Morgan fingerprint density at radius 1 is 1.04 bits per heavy atom. The highest BCUT2D eigenvalue weighted by Gasteiger charge is 2.13. The van der Waals surface area contributed by atoms with Gasteiger partial charge in [0.15, 0.2) is 0 Å². The number of benzene rings is 2. The Bertz CT molecular complexity index is 1030. The Balaban J connectivity index is 1.76. The quantitative estimate of drug-likeness (QED) is 0.471. The van der Waals surface area contributed by atoms with Crippen LogP contribution in [0.25, 0.3) is 21.8 Å². The van der Waals surface area contributed by atoms with Gasteiger partial charge in [0.2, 0.25) is 0 Å². The average Bonchev–Trinajstić information content (AvgIpc) is 3.01. The van der Waals surface area contributed by atoms with Crippen LogP contribution in [-0.4, -0.2) is 17.1 Å². The SMILES string of the molecule is COCc1c(Br)ncc2[nH]c3ccc(OCc4ccccc4)cc3c12. The number of pyridine rings is 1. The van der Waals surface area contributed by atoms with Crippen LogP contribution in [0.3, 0.4) is 0 Å². The summed E-state index contributed by atoms with van der Waals surface area (Å²) in [7, 11) is 1.69. The first-order valence-corrected chi connectivity index (χ1v) is 8.80. The number of ether oxygens (including phenoxy) is 2. The fraction of sp³-hybridized carbons (Fsp3) is 0.150. The summed E-state index contributed by atoms with van der Waals surface area (Å²) in [6.45, 7) is 1.04. The lowest BCUT2D eigenvalue weighted by molar-refractivity contribution is 0.185. The number of hydrogen-bond donors (Lipinski definition) is 1. The normalized spacial score (nSPS) is 11.3. The third kappa shape index (κ3) is 3.13. The second-order valence-electron chi connectivity index (χ2n) is 5.86. The van der Waals surface area contributed by atoms with E-state index in [2.05, 4.69) is 44.1 Å². The van der Waals surface area contributed by atoms with Crippen LogP contribution in [0.4, 0.5) is 0 Å². The van der Waals surface area contributed by atoms with Crippen LogP contribution in [0.5, 0.6) is 5.75 Å². The van der Waals surface area contributed by atoms with Gasteiger partial charge in [-0.1, -0.05) is 30.3 Å². The molecule has 2 aromatic carbocycles. The molecule has 0 saturated carbocycles. The minimum Gasteiger partial charge on any atom is -0.489 e. The van der Waals surface area contributed by atoms with E-state index in [0.717, 1.165) is 43.3 Å². The number of H-pyrrole nitrogens is 1. The number of rotatable bonds is 5. The van der Waals surface area contributed by atoms with Crippen LogP contribution in [0.15, 0.2) is 59.3 Å². The van der Waals surface area contributed by atoms with Gasteiger partial charge in [-0.25, -0.2) is 4.98 Å². The highest BCUT2D eigenvalue weighted by molar-refractivity contribution is 9.10. The summed E-state index contributed by atoms with van der Waals surface area (Å²) < 4.78 is 12.1. The monoisotopic (exact) mass is 396 g/mol. The van der Waals surface area contributed by atoms with Crippen molar-refractivity contribution >= 4 is 37.7 Å². The molecule has 0 aliphatic heterocycles. The Labute approximate surface area is 153 Å². The molecular weight excluding hydrogens is 380 g/mol. The maximum atomic E-state index is 5.98. The van der Waals surface area contributed by atoms with Gasteiger partial charge in [0, 0.05) is 29.0 Å². The minimum absolute atomic E-state index is 0.493. The molecule has 4 aromatic rings. The van der Waals surface area contributed by atoms with Crippen molar-refractivity contribution < 1.29 is 9.47 Å². The van der Waals surface area contributed by atoms with E-state index in [4.69, 9.17) is 9.47 Å². The zero-order chi connectivity index (χ0) is 17.2. The second-order valence-corrected chi connectivity index (χ2v) is 6.61. The van der Waals surface area contributed by atoms with Gasteiger partial charge in [-0.3, -0.25) is 0 Å². The van der Waals surface area contributed by atoms with Crippen molar-refractivity contribution in [1.29, 1.82) is 0 Å². The molecule has 2 aromatic heterocycles. The minimum atomic E-state index is 0.493. The largest absolute Gasteiger partial charge is 0.489 e. The maximum Gasteiger partial charge on any atom is 0.120 e. The van der Waals surface area contributed by atoms with Gasteiger partial charge in [0.25, 0.3) is 0 Å². The number of aromatic nitrogens is 2. The van der Waals surface area contributed by atoms with Crippen LogP contribution in [0.2, 0.25) is 0 Å². The van der Waals surface area contributed by atoms with E-state index in [1.807, 2.05) is 36.5 Å². The highest BCUT2D eigenvalue weighted by atomic mass is 79.9. The van der Waals surface area contributed by atoms with Crippen molar-refractivity contribution in [2.45, 2.75) is 13.2 Å². The average molecular weight is 397 g/mol. The Kier molecular flexibility index (Phi) is 4.42. The predicted octanol–water partition coefficient (Wildman–Crippen LogP) is 5.20. The van der Waals surface area contributed by atoms with Crippen molar-refractivity contribution in [1.82, 2.24) is 9.97 Å². The molecule has 0 radical (unpaired) electrons. The Morgan fingerprint density at radius 3 is 2.68 bits per heavy atom. The number of nitrogens with one attached hydrogen (secondary N) is 1. The number of fused-ring (bicyclic) bond motifs is 3. The lowest BCUT2D eigenvalue weighted by Crippen LogP contribution is -1.95. The zero-order valence-electron chi connectivity index (χ0n) is 13.8. The van der Waals surface area contributed by atoms with E-state index in [1.54, 1.807) is 7.11 Å². The summed E-state index contributed by atoms with van der Waals surface area (Å²) in [5, 5.41) is 2.22. The van der Waals surface area contributed by atoms with Gasteiger partial charge >= 0.3 is 0 Å². The van der Waals surface area contributed by atoms with Gasteiger partial charge in [-0.15, -0.1) is 0 Å². The summed E-state index contributed by atoms with van der Waals surface area (Å²) in [6.07, 6.45) is 1.84. The number of methoxy groups -OCH3 is 1. The van der Waals surface area contributed by atoms with Gasteiger partial charge in [-0.05, 0) is 39.7 Å². The van der Waals surface area contributed by atoms with Crippen LogP contribution in [0.1, 0.15) is 11.1 Å². The standard InChI is InChI=1S/C20H17BrN2O2/c1-24-12-16-19-15-9-14(25-11-13-5-3-2-4-6-13)7-8-17(15)23-18(19)10-22-20(16)21/h2-10,23H,11-12H2,1H3. The first kappa shape index (κ1) is 16.1. The van der Waals surface area contributed by atoms with E-state index < -0.39 is 0 Å². The third-order valence-electron chi connectivity index (χ3n) is 4.19. The zero-order valence-corrected chi connectivity index (χ0v) is 15.3. The molecule has 0 unspecified atom stereocenters. The number of aromatic amines is 1. The molecule has 0 atom stereocenters. The summed E-state index contributed by atoms with van der Waals surface area (Å²) in [6, 6.07) is 16.3. The fourth-order valence-electron chi connectivity index (χ4n) is 3.02. The van der Waals surface area contributed by atoms with Gasteiger partial charge in [0.05, 0.1) is 18.3 Å². The molecule has 0 spiro atoms. The first-order chi connectivity index (χ1) is 12.3. The third-order valence-corrected chi connectivity index (χ3v) is 4.88. The van der Waals surface area contributed by atoms with Gasteiger partial charge in [0.1, 0.15) is 17.0 Å². The molecule has 126 valence electrons. The fourth-order valence-corrected chi connectivity index (χ4v) is 3.44. The van der Waals surface area contributed by atoms with Crippen molar-refractivity contribution in [3.05, 3.63) is 70.5 Å². The van der Waals surface area contributed by atoms with Gasteiger partial charge in [-0.2, -0.15) is 0 Å². The lowest BCUT2D eigenvalue weighted by Gasteiger charge is -2.08. The molecule has 25 heavy (non-hydrogen) atoms. The van der Waals surface area contributed by atoms with E-state index in [0.29, 0.717) is 13.2 Å². The molecule has 4 rings (SSSR count). The molecule has 1 N–H and O–H groups in total. The molecular formula is C20H17BrN2O2. The van der Waals surface area contributed by atoms with E-state index in [9.17, 15) is 0 Å². The van der Waals surface area contributed by atoms with Crippen molar-refractivity contribution in [2.75, 3.05) is 7.11 Å². The van der Waals surface area contributed by atoms with Crippen molar-refractivity contribution in [3.8, 4) is 5.75 Å². The summed E-state index contributed by atoms with van der Waals surface area (Å²) in [4.78, 5) is 7.80. The summed E-state index contributed by atoms with van der Waals surface area (Å²) >= 11 is 3.53. The first-order valence-electron chi connectivity index (χ1n) is 8.01. The smallest absolute Gasteiger partial charge is 0.120 e. The van der Waals surface area contributed by atoms with Crippen LogP contribution < -0.4 is 4.74 Å². The summed E-state index contributed by atoms with van der Waals surface area (Å²) in [5.41, 5.74) is 4.23. The molecule has 0 saturated heterocycles. The van der Waals surface area contributed by atoms with E-state index in [1.165, 1.54) is 0 Å². The lowest BCUT2D eigenvalue weighted by atomic mass is 10.1. The van der Waals surface area contributed by atoms with Gasteiger partial charge < -0.3 is 14.5 Å². The molecule has 0 aliphatic carbocycles. The molecule has 0 amide bonds. The molecule has 0 aliphatic rings. The van der Waals surface area contributed by atoms with Crippen molar-refractivity contribution in [3.63, 3.8) is 0 Å². The molecule has 4 nitrogen and oxygen atoms in total. The van der Waals surface area contributed by atoms with E-state index in [-0.39, 0.29) is 0 Å². The Hall–Kier alpha value is -2.37. The molecule has 0 fully saturated rings. The number of nitrogens with zero attached hydrogens (tertiary/aromatic N) is 1. The highest BCUT2D eigenvalue weighted by Crippen LogP contribution is 2.34. The van der Waals surface area contributed by atoms with Crippen LogP contribution in [-0.2, 0) is 18.0 Å². The topological polar surface area (TPSA) is 47.1 Å². The Morgan fingerprint density at radius 2 is 1.88 bits per heavy atom. The van der Waals surface area contributed by atoms with Crippen LogP contribution >= 0.6 is 15.9 Å². The second kappa shape index (κ2) is 6.86. The molecule has 5 heteroatoms. The molecule has 2 heterocycles. The maximum absolute atomic E-state index is 5.98. The number of halogens is 1.